The molecule has 0 bridgehead atoms. The van der Waals surface area contributed by atoms with Gasteiger partial charge in [0.15, 0.2) is 0 Å². The molecule has 20 heavy (non-hydrogen) atoms. The zero-order valence-corrected chi connectivity index (χ0v) is 13.1. The molecule has 2 aliphatic rings. The van der Waals surface area contributed by atoms with Crippen LogP contribution in [0, 0.1) is 9.49 Å². The maximum atomic E-state index is 4.28. The van der Waals surface area contributed by atoms with Gasteiger partial charge in [0.2, 0.25) is 0 Å². The van der Waals surface area contributed by atoms with Crippen molar-refractivity contribution in [1.29, 1.82) is 0 Å². The summed E-state index contributed by atoms with van der Waals surface area (Å²) < 4.78 is 1.31. The van der Waals surface area contributed by atoms with Crippen LogP contribution in [-0.4, -0.2) is 4.98 Å². The van der Waals surface area contributed by atoms with Crippen LogP contribution in [-0.2, 0) is 0 Å². The van der Waals surface area contributed by atoms with Gasteiger partial charge in [0, 0.05) is 27.6 Å². The third-order valence-electron chi connectivity index (χ3n) is 4.37. The van der Waals surface area contributed by atoms with Gasteiger partial charge in [-0.05, 0) is 70.3 Å². The molecule has 1 aromatic carbocycles. The Morgan fingerprint density at radius 2 is 2.20 bits per heavy atom. The van der Waals surface area contributed by atoms with E-state index < -0.39 is 0 Å². The molecule has 0 amide bonds. The molecule has 0 radical (unpaired) electrons. The first-order chi connectivity index (χ1) is 9.83. The van der Waals surface area contributed by atoms with Crippen molar-refractivity contribution in [2.45, 2.75) is 18.4 Å². The second kappa shape index (κ2) is 4.88. The molecule has 2 aromatic rings. The number of nitrogens with zero attached hydrogens (tertiary/aromatic N) is 1. The zero-order chi connectivity index (χ0) is 13.5. The van der Waals surface area contributed by atoms with Gasteiger partial charge < -0.3 is 5.32 Å². The number of rotatable bonds is 1. The zero-order valence-electron chi connectivity index (χ0n) is 11.0. The minimum absolute atomic E-state index is 0.358. The molecular formula is C17H15IN2. The maximum absolute atomic E-state index is 4.28. The van der Waals surface area contributed by atoms with Gasteiger partial charge in [-0.1, -0.05) is 18.2 Å². The third kappa shape index (κ3) is 1.95. The summed E-state index contributed by atoms with van der Waals surface area (Å²) in [7, 11) is 0. The smallest absolute Gasteiger partial charge is 0.0569 e. The average Bonchev–Trinajstić information content (AvgIpc) is 2.97. The summed E-state index contributed by atoms with van der Waals surface area (Å²) in [5.41, 5.74) is 4.00. The van der Waals surface area contributed by atoms with E-state index in [-0.39, 0.29) is 0 Å². The molecule has 2 nitrogen and oxygen atoms in total. The van der Waals surface area contributed by atoms with Crippen LogP contribution in [0.15, 0.2) is 54.9 Å². The molecule has 0 saturated carbocycles. The van der Waals surface area contributed by atoms with Gasteiger partial charge in [-0.15, -0.1) is 0 Å². The highest BCUT2D eigenvalue weighted by Crippen LogP contribution is 2.49. The largest absolute Gasteiger partial charge is 0.378 e. The maximum Gasteiger partial charge on any atom is 0.0569 e. The van der Waals surface area contributed by atoms with Gasteiger partial charge in [-0.3, -0.25) is 4.98 Å². The van der Waals surface area contributed by atoms with E-state index in [4.69, 9.17) is 0 Å². The van der Waals surface area contributed by atoms with Crippen LogP contribution in [0.25, 0.3) is 0 Å². The average molecular weight is 374 g/mol. The van der Waals surface area contributed by atoms with E-state index in [0.717, 1.165) is 6.42 Å². The van der Waals surface area contributed by atoms with E-state index in [2.05, 4.69) is 69.3 Å². The van der Waals surface area contributed by atoms with Crippen LogP contribution < -0.4 is 5.32 Å². The fraction of sp³-hybridized carbons (Fsp3) is 0.235. The number of hydrogen-bond acceptors (Lipinski definition) is 2. The number of fused-ring (bicyclic) bond motifs is 3. The van der Waals surface area contributed by atoms with E-state index >= 15 is 0 Å². The van der Waals surface area contributed by atoms with E-state index in [0.29, 0.717) is 17.9 Å². The lowest BCUT2D eigenvalue weighted by molar-refractivity contribution is 0.425. The first-order valence-electron chi connectivity index (χ1n) is 6.95. The van der Waals surface area contributed by atoms with Crippen LogP contribution in [0.3, 0.4) is 0 Å². The Balaban J connectivity index is 1.80. The molecule has 1 aliphatic heterocycles. The normalized spacial score (nSPS) is 26.8. The first-order valence-corrected chi connectivity index (χ1v) is 8.03. The van der Waals surface area contributed by atoms with Gasteiger partial charge in [0.25, 0.3) is 0 Å². The molecule has 2 heterocycles. The highest BCUT2D eigenvalue weighted by molar-refractivity contribution is 14.1. The molecule has 1 aromatic heterocycles. The van der Waals surface area contributed by atoms with Crippen molar-refractivity contribution in [3.8, 4) is 0 Å². The Labute approximate surface area is 132 Å². The van der Waals surface area contributed by atoms with Gasteiger partial charge in [-0.25, -0.2) is 0 Å². The Kier molecular flexibility index (Phi) is 3.02. The first kappa shape index (κ1) is 12.4. The molecule has 0 fully saturated rings. The summed E-state index contributed by atoms with van der Waals surface area (Å²) in [6, 6.07) is 11.3. The lowest BCUT2D eigenvalue weighted by Gasteiger charge is -2.37. The van der Waals surface area contributed by atoms with E-state index in [9.17, 15) is 0 Å². The molecule has 2 unspecified atom stereocenters. The van der Waals surface area contributed by atoms with Crippen LogP contribution in [0.5, 0.6) is 0 Å². The predicted molar refractivity (Wildman–Crippen MR) is 89.7 cm³/mol. The van der Waals surface area contributed by atoms with Crippen LogP contribution in [0.4, 0.5) is 5.69 Å². The van der Waals surface area contributed by atoms with Crippen molar-refractivity contribution in [1.82, 2.24) is 4.98 Å². The van der Waals surface area contributed by atoms with Crippen molar-refractivity contribution in [3.05, 3.63) is 69.6 Å². The quantitative estimate of drug-likeness (QED) is 0.587. The van der Waals surface area contributed by atoms with E-state index in [1.807, 2.05) is 18.5 Å². The molecule has 4 rings (SSSR count). The topological polar surface area (TPSA) is 24.9 Å². The summed E-state index contributed by atoms with van der Waals surface area (Å²) in [5, 5.41) is 3.73. The highest BCUT2D eigenvalue weighted by atomic mass is 127. The molecule has 0 spiro atoms. The van der Waals surface area contributed by atoms with Crippen molar-refractivity contribution < 1.29 is 0 Å². The third-order valence-corrected chi connectivity index (χ3v) is 5.04. The fourth-order valence-electron chi connectivity index (χ4n) is 3.46. The van der Waals surface area contributed by atoms with Crippen LogP contribution >= 0.6 is 22.6 Å². The standard InChI is InChI=1S/C17H15IN2/c18-12-6-7-16-15(9-12)13-4-1-5-14(13)17(20-16)11-3-2-8-19-10-11/h1-4,6-10,13-14,17,20H,5H2/t13?,14?,17-/m1/s1. The molecule has 3 atom stereocenters. The fourth-order valence-corrected chi connectivity index (χ4v) is 3.97. The van der Waals surface area contributed by atoms with Gasteiger partial charge in [0.05, 0.1) is 6.04 Å². The van der Waals surface area contributed by atoms with Crippen LogP contribution in [0.1, 0.15) is 29.5 Å². The minimum Gasteiger partial charge on any atom is -0.378 e. The number of halogens is 1. The van der Waals surface area contributed by atoms with Crippen LogP contribution in [0.2, 0.25) is 0 Å². The Morgan fingerprint density at radius 3 is 3.05 bits per heavy atom. The summed E-state index contributed by atoms with van der Waals surface area (Å²) in [5.74, 6) is 1.14. The second-order valence-electron chi connectivity index (χ2n) is 5.49. The second-order valence-corrected chi connectivity index (χ2v) is 6.74. The molecule has 1 aliphatic carbocycles. The van der Waals surface area contributed by atoms with Gasteiger partial charge in [-0.2, -0.15) is 0 Å². The van der Waals surface area contributed by atoms with E-state index in [1.54, 1.807) is 0 Å². The SMILES string of the molecule is Ic1ccc2c(c1)C1C=CCC1[C@@H](c1cccnc1)N2. The molecule has 100 valence electrons. The number of pyridine rings is 1. The number of allylic oxidation sites excluding steroid dienone is 2. The van der Waals surface area contributed by atoms with E-state index in [1.165, 1.54) is 20.4 Å². The van der Waals surface area contributed by atoms with Crippen molar-refractivity contribution >= 4 is 28.3 Å². The number of nitrogens with one attached hydrogen (secondary N) is 1. The summed E-state index contributed by atoms with van der Waals surface area (Å²) in [4.78, 5) is 4.28. The number of aromatic nitrogens is 1. The summed E-state index contributed by atoms with van der Waals surface area (Å²) in [6.07, 6.45) is 9.68. The molecule has 3 heteroatoms. The summed E-state index contributed by atoms with van der Waals surface area (Å²) >= 11 is 2.39. The monoisotopic (exact) mass is 374 g/mol. The minimum atomic E-state index is 0.358. The Hall–Kier alpha value is -1.36. The van der Waals surface area contributed by atoms with Crippen molar-refractivity contribution in [3.63, 3.8) is 0 Å². The number of hydrogen-bond donors (Lipinski definition) is 1. The Bertz CT molecular complexity index is 666. The van der Waals surface area contributed by atoms with Gasteiger partial charge >= 0.3 is 0 Å². The molecule has 0 saturated heterocycles. The molecular weight excluding hydrogens is 359 g/mol. The van der Waals surface area contributed by atoms with Gasteiger partial charge in [0.1, 0.15) is 0 Å². The lowest BCUT2D eigenvalue weighted by Crippen LogP contribution is -2.29. The lowest BCUT2D eigenvalue weighted by atomic mass is 9.77. The van der Waals surface area contributed by atoms with Crippen molar-refractivity contribution in [2.75, 3.05) is 5.32 Å². The molecule has 1 N–H and O–H groups in total. The predicted octanol–water partition coefficient (Wildman–Crippen LogP) is 4.51. The number of benzene rings is 1. The van der Waals surface area contributed by atoms with Crippen molar-refractivity contribution in [2.24, 2.45) is 5.92 Å². The number of anilines is 1. The Morgan fingerprint density at radius 1 is 1.25 bits per heavy atom. The summed E-state index contributed by atoms with van der Waals surface area (Å²) in [6.45, 7) is 0. The highest BCUT2D eigenvalue weighted by Gasteiger charge is 2.37.